The number of piperidine rings is 1. The van der Waals surface area contributed by atoms with Gasteiger partial charge >= 0.3 is 0 Å². The number of amides is 1. The summed E-state index contributed by atoms with van der Waals surface area (Å²) in [5, 5.41) is 0. The zero-order chi connectivity index (χ0) is 14.1. The third kappa shape index (κ3) is 2.28. The first-order valence-electron chi connectivity index (χ1n) is 7.53. The molecule has 20 heavy (non-hydrogen) atoms. The third-order valence-corrected chi connectivity index (χ3v) is 4.79. The van der Waals surface area contributed by atoms with Crippen LogP contribution in [0.15, 0.2) is 18.2 Å². The Bertz CT molecular complexity index is 515. The van der Waals surface area contributed by atoms with Gasteiger partial charge in [-0.1, -0.05) is 18.9 Å². The van der Waals surface area contributed by atoms with E-state index in [4.69, 9.17) is 5.73 Å². The number of hydrogen-bond acceptors (Lipinski definition) is 2. The summed E-state index contributed by atoms with van der Waals surface area (Å²) in [6.07, 6.45) is 7.00. The van der Waals surface area contributed by atoms with Crippen LogP contribution < -0.4 is 5.73 Å². The molecule has 1 aliphatic heterocycles. The summed E-state index contributed by atoms with van der Waals surface area (Å²) in [5.41, 5.74) is 6.03. The van der Waals surface area contributed by atoms with Crippen LogP contribution in [0.3, 0.4) is 0 Å². The number of para-hydroxylation sites is 1. The van der Waals surface area contributed by atoms with Crippen molar-refractivity contribution in [2.75, 3.05) is 12.3 Å². The van der Waals surface area contributed by atoms with E-state index in [0.717, 1.165) is 19.4 Å². The molecule has 0 bridgehead atoms. The normalized spacial score (nSPS) is 26.1. The summed E-state index contributed by atoms with van der Waals surface area (Å²) in [5.74, 6) is 0.0166. The van der Waals surface area contributed by atoms with Gasteiger partial charge in [-0.25, -0.2) is 4.39 Å². The van der Waals surface area contributed by atoms with Crippen LogP contribution in [-0.4, -0.2) is 23.4 Å². The molecule has 1 aliphatic carbocycles. The number of halogens is 1. The zero-order valence-electron chi connectivity index (χ0n) is 11.6. The Morgan fingerprint density at radius 2 is 1.95 bits per heavy atom. The minimum absolute atomic E-state index is 0.0181. The van der Waals surface area contributed by atoms with Gasteiger partial charge in [0, 0.05) is 12.6 Å². The highest BCUT2D eigenvalue weighted by atomic mass is 19.1. The molecule has 2 N–H and O–H groups in total. The van der Waals surface area contributed by atoms with Crippen molar-refractivity contribution < 1.29 is 9.18 Å². The first-order chi connectivity index (χ1) is 9.68. The average molecular weight is 276 g/mol. The van der Waals surface area contributed by atoms with E-state index < -0.39 is 5.82 Å². The molecule has 0 spiro atoms. The van der Waals surface area contributed by atoms with E-state index in [1.54, 1.807) is 12.1 Å². The zero-order valence-corrected chi connectivity index (χ0v) is 11.6. The number of nitrogens with two attached hydrogens (primary N) is 1. The number of rotatable bonds is 1. The second kappa shape index (κ2) is 5.43. The highest BCUT2D eigenvalue weighted by molar-refractivity contribution is 5.99. The molecule has 1 saturated carbocycles. The van der Waals surface area contributed by atoms with E-state index in [2.05, 4.69) is 0 Å². The number of benzene rings is 1. The summed E-state index contributed by atoms with van der Waals surface area (Å²) < 4.78 is 13.5. The van der Waals surface area contributed by atoms with Gasteiger partial charge in [0.1, 0.15) is 5.82 Å². The molecular weight excluding hydrogens is 255 g/mol. The lowest BCUT2D eigenvalue weighted by Gasteiger charge is -2.44. The second-order valence-corrected chi connectivity index (χ2v) is 5.95. The van der Waals surface area contributed by atoms with Crippen molar-refractivity contribution in [2.24, 2.45) is 5.92 Å². The van der Waals surface area contributed by atoms with E-state index in [1.165, 1.54) is 31.7 Å². The van der Waals surface area contributed by atoms with E-state index in [-0.39, 0.29) is 11.6 Å². The quantitative estimate of drug-likeness (QED) is 0.801. The fraction of sp³-hybridized carbons (Fsp3) is 0.562. The molecule has 2 atom stereocenters. The monoisotopic (exact) mass is 276 g/mol. The van der Waals surface area contributed by atoms with Crippen molar-refractivity contribution in [3.8, 4) is 0 Å². The van der Waals surface area contributed by atoms with E-state index in [1.807, 2.05) is 4.90 Å². The second-order valence-electron chi connectivity index (χ2n) is 5.95. The minimum atomic E-state index is -0.506. The molecule has 4 heteroatoms. The van der Waals surface area contributed by atoms with Gasteiger partial charge in [0.2, 0.25) is 0 Å². The van der Waals surface area contributed by atoms with Gasteiger partial charge in [-0.3, -0.25) is 4.79 Å². The summed E-state index contributed by atoms with van der Waals surface area (Å²) in [6.45, 7) is 0.774. The molecule has 1 amide bonds. The lowest BCUT2D eigenvalue weighted by Crippen LogP contribution is -2.49. The van der Waals surface area contributed by atoms with Crippen LogP contribution in [0.1, 0.15) is 48.9 Å². The molecule has 1 heterocycles. The summed E-state index contributed by atoms with van der Waals surface area (Å²) in [6, 6.07) is 4.81. The average Bonchev–Trinajstić information content (AvgIpc) is 2.49. The van der Waals surface area contributed by atoms with Crippen LogP contribution in [0.4, 0.5) is 10.1 Å². The molecule has 0 radical (unpaired) electrons. The lowest BCUT2D eigenvalue weighted by atomic mass is 9.78. The van der Waals surface area contributed by atoms with Crippen molar-refractivity contribution in [1.82, 2.24) is 4.90 Å². The van der Waals surface area contributed by atoms with Crippen molar-refractivity contribution in [2.45, 2.75) is 44.6 Å². The Kier molecular flexibility index (Phi) is 3.64. The number of nitrogens with zero attached hydrogens (tertiary/aromatic N) is 1. The number of nitrogen functional groups attached to an aromatic ring is 1. The van der Waals surface area contributed by atoms with Crippen LogP contribution in [-0.2, 0) is 0 Å². The van der Waals surface area contributed by atoms with E-state index >= 15 is 0 Å². The van der Waals surface area contributed by atoms with Gasteiger partial charge in [0.05, 0.1) is 11.3 Å². The van der Waals surface area contributed by atoms with Crippen LogP contribution >= 0.6 is 0 Å². The number of likely N-dealkylation sites (tertiary alicyclic amines) is 1. The SMILES string of the molecule is Nc1c(F)cccc1C(=O)N1CCCC2CCCCC21. The third-order valence-electron chi connectivity index (χ3n) is 4.79. The van der Waals surface area contributed by atoms with E-state index in [9.17, 15) is 9.18 Å². The van der Waals surface area contributed by atoms with Crippen molar-refractivity contribution in [1.29, 1.82) is 0 Å². The van der Waals surface area contributed by atoms with Crippen LogP contribution in [0.5, 0.6) is 0 Å². The highest BCUT2D eigenvalue weighted by Gasteiger charge is 2.36. The maximum Gasteiger partial charge on any atom is 0.256 e. The molecule has 2 aliphatic rings. The van der Waals surface area contributed by atoms with Crippen LogP contribution in [0, 0.1) is 11.7 Å². The molecule has 2 fully saturated rings. The number of carbonyl (C=O) groups excluding carboxylic acids is 1. The molecule has 108 valence electrons. The van der Waals surface area contributed by atoms with E-state index in [0.29, 0.717) is 17.5 Å². The number of anilines is 1. The largest absolute Gasteiger partial charge is 0.396 e. The Morgan fingerprint density at radius 3 is 2.80 bits per heavy atom. The first-order valence-corrected chi connectivity index (χ1v) is 7.53. The summed E-state index contributed by atoms with van der Waals surface area (Å²) >= 11 is 0. The number of hydrogen-bond donors (Lipinski definition) is 1. The molecule has 1 aromatic carbocycles. The van der Waals surface area contributed by atoms with Gasteiger partial charge in [-0.05, 0) is 43.7 Å². The molecule has 3 rings (SSSR count). The summed E-state index contributed by atoms with van der Waals surface area (Å²) in [4.78, 5) is 14.6. The Balaban J connectivity index is 1.87. The van der Waals surface area contributed by atoms with Crippen molar-refractivity contribution in [3.63, 3.8) is 0 Å². The predicted molar refractivity (Wildman–Crippen MR) is 76.8 cm³/mol. The van der Waals surface area contributed by atoms with Gasteiger partial charge in [-0.15, -0.1) is 0 Å². The maximum absolute atomic E-state index is 13.5. The van der Waals surface area contributed by atoms with Crippen molar-refractivity contribution in [3.05, 3.63) is 29.6 Å². The smallest absolute Gasteiger partial charge is 0.256 e. The van der Waals surface area contributed by atoms with Gasteiger partial charge < -0.3 is 10.6 Å². The fourth-order valence-electron chi connectivity index (χ4n) is 3.76. The number of carbonyl (C=O) groups is 1. The highest BCUT2D eigenvalue weighted by Crippen LogP contribution is 2.36. The molecule has 1 saturated heterocycles. The predicted octanol–water partition coefficient (Wildman–Crippen LogP) is 3.20. The maximum atomic E-state index is 13.5. The minimum Gasteiger partial charge on any atom is -0.396 e. The number of fused-ring (bicyclic) bond motifs is 1. The van der Waals surface area contributed by atoms with Crippen molar-refractivity contribution >= 4 is 11.6 Å². The topological polar surface area (TPSA) is 46.3 Å². The molecule has 1 aromatic rings. The first kappa shape index (κ1) is 13.4. The Hall–Kier alpha value is -1.58. The van der Waals surface area contributed by atoms with Crippen LogP contribution in [0.2, 0.25) is 0 Å². The fourth-order valence-corrected chi connectivity index (χ4v) is 3.76. The standard InChI is InChI=1S/C16H21FN2O/c17-13-8-3-7-12(15(13)18)16(20)19-10-4-6-11-5-1-2-9-14(11)19/h3,7-8,11,14H,1-2,4-6,9-10,18H2. The Labute approximate surface area is 118 Å². The Morgan fingerprint density at radius 1 is 1.20 bits per heavy atom. The lowest BCUT2D eigenvalue weighted by molar-refractivity contribution is 0.0391. The van der Waals surface area contributed by atoms with Crippen LogP contribution in [0.25, 0.3) is 0 Å². The summed E-state index contributed by atoms with van der Waals surface area (Å²) in [7, 11) is 0. The van der Waals surface area contributed by atoms with Gasteiger partial charge in [0.25, 0.3) is 5.91 Å². The van der Waals surface area contributed by atoms with Gasteiger partial charge in [0.15, 0.2) is 0 Å². The van der Waals surface area contributed by atoms with Gasteiger partial charge in [-0.2, -0.15) is 0 Å². The molecule has 3 nitrogen and oxygen atoms in total. The molecular formula is C16H21FN2O. The molecule has 0 aromatic heterocycles. The molecule has 2 unspecified atom stereocenters.